The number of phenols is 3. The van der Waals surface area contributed by atoms with Crippen LogP contribution in [0.4, 0.5) is 5.69 Å². The highest BCUT2D eigenvalue weighted by atomic mass is 16.6. The van der Waals surface area contributed by atoms with Crippen LogP contribution in [-0.4, -0.2) is 67.6 Å². The van der Waals surface area contributed by atoms with Crippen molar-refractivity contribution in [3.63, 3.8) is 0 Å². The SMILES string of the molecule is CC(=O)Nc1ccc(OC(=O)c2ccccc2O)cc1.Cc1cc(O)c(C=O)c2c1C(=O)Oc1c(COC(=O)C=CC(=O)O)c(O)c(C(=O)O)c(C)c1O2. The third-order valence-electron chi connectivity index (χ3n) is 7.38. The highest BCUT2D eigenvalue weighted by Gasteiger charge is 2.36. The van der Waals surface area contributed by atoms with Gasteiger partial charge >= 0.3 is 29.8 Å². The first-order valence-electron chi connectivity index (χ1n) is 15.3. The summed E-state index contributed by atoms with van der Waals surface area (Å²) in [6.45, 7) is 3.24. The van der Waals surface area contributed by atoms with E-state index in [1.54, 1.807) is 36.4 Å². The summed E-state index contributed by atoms with van der Waals surface area (Å²) >= 11 is 0. The highest BCUT2D eigenvalue weighted by Crippen LogP contribution is 2.50. The number of carbonyl (C=O) groups is 7. The molecule has 17 nitrogen and oxygen atoms in total. The van der Waals surface area contributed by atoms with Gasteiger partial charge in [-0.15, -0.1) is 0 Å². The predicted octanol–water partition coefficient (Wildman–Crippen LogP) is 4.80. The van der Waals surface area contributed by atoms with Crippen LogP contribution in [0.15, 0.2) is 66.7 Å². The van der Waals surface area contributed by atoms with Crippen LogP contribution in [0.1, 0.15) is 65.0 Å². The van der Waals surface area contributed by atoms with Gasteiger partial charge in [-0.1, -0.05) is 12.1 Å². The van der Waals surface area contributed by atoms with Gasteiger partial charge in [0.2, 0.25) is 5.91 Å². The summed E-state index contributed by atoms with van der Waals surface area (Å²) in [5, 5.41) is 51.1. The largest absolute Gasteiger partial charge is 0.507 e. The van der Waals surface area contributed by atoms with Crippen LogP contribution in [0.3, 0.4) is 0 Å². The number of carboxylic acids is 2. The van der Waals surface area contributed by atoms with Crippen molar-refractivity contribution < 1.29 is 78.0 Å². The molecule has 0 radical (unpaired) electrons. The molecule has 6 N–H and O–H groups in total. The van der Waals surface area contributed by atoms with E-state index in [4.69, 9.17) is 24.1 Å². The molecule has 278 valence electrons. The van der Waals surface area contributed by atoms with Crippen molar-refractivity contribution in [2.24, 2.45) is 0 Å². The Kier molecular flexibility index (Phi) is 12.0. The molecule has 0 saturated carbocycles. The number of amides is 1. The van der Waals surface area contributed by atoms with Crippen molar-refractivity contribution in [3.05, 3.63) is 106 Å². The number of rotatable bonds is 9. The van der Waals surface area contributed by atoms with E-state index in [1.165, 1.54) is 32.9 Å². The Hall–Kier alpha value is -7.69. The standard InChI is InChI=1S/C22H16O12.C15H13NO4/c1-8-5-12(24)10(6-23)19-15(8)22(31)34-20-11(7-32-14(27)4-3-13(25)26)17(28)16(21(29)30)9(2)18(20)33-19;1-10(17)16-11-6-8-12(9-7-11)20-15(19)13-4-2-3-5-14(13)18/h3-6,24,28H,7H2,1-2H3,(H,25,26)(H,29,30);2-9,18H,1H3,(H,16,17). The number of benzene rings is 4. The molecule has 0 atom stereocenters. The molecule has 0 unspecified atom stereocenters. The van der Waals surface area contributed by atoms with Crippen molar-refractivity contribution in [1.82, 2.24) is 0 Å². The minimum absolute atomic E-state index is 0.0958. The molecular weight excluding hydrogens is 714 g/mol. The number of hydrogen-bond acceptors (Lipinski definition) is 14. The number of aliphatic carboxylic acids is 1. The number of para-hydroxylation sites is 1. The number of aryl methyl sites for hydroxylation is 1. The van der Waals surface area contributed by atoms with Gasteiger partial charge in [0, 0.05) is 30.3 Å². The topological polar surface area (TPSA) is 270 Å². The maximum atomic E-state index is 12.9. The summed E-state index contributed by atoms with van der Waals surface area (Å²) < 4.78 is 21.0. The lowest BCUT2D eigenvalue weighted by Crippen LogP contribution is -2.13. The highest BCUT2D eigenvalue weighted by molar-refractivity contribution is 6.03. The van der Waals surface area contributed by atoms with E-state index in [1.807, 2.05) is 0 Å². The number of aromatic carboxylic acids is 1. The average molecular weight is 744 g/mol. The van der Waals surface area contributed by atoms with E-state index < -0.39 is 76.1 Å². The quantitative estimate of drug-likeness (QED) is 0.0581. The van der Waals surface area contributed by atoms with E-state index in [-0.39, 0.29) is 45.9 Å². The Bertz CT molecular complexity index is 2240. The summed E-state index contributed by atoms with van der Waals surface area (Å²) in [6, 6.07) is 13.6. The maximum Gasteiger partial charge on any atom is 0.347 e. The fourth-order valence-corrected chi connectivity index (χ4v) is 4.94. The van der Waals surface area contributed by atoms with Gasteiger partial charge in [-0.05, 0) is 61.9 Å². The van der Waals surface area contributed by atoms with E-state index in [0.717, 1.165) is 6.07 Å². The molecule has 0 aliphatic carbocycles. The van der Waals surface area contributed by atoms with Gasteiger partial charge < -0.3 is 49.8 Å². The lowest BCUT2D eigenvalue weighted by Gasteiger charge is -2.18. The number of ether oxygens (including phenoxy) is 4. The van der Waals surface area contributed by atoms with Gasteiger partial charge in [-0.3, -0.25) is 9.59 Å². The van der Waals surface area contributed by atoms with E-state index in [2.05, 4.69) is 5.32 Å². The molecular formula is C37H29NO16. The number of aldehydes is 1. The lowest BCUT2D eigenvalue weighted by atomic mass is 10.0. The first-order valence-corrected chi connectivity index (χ1v) is 15.3. The van der Waals surface area contributed by atoms with Gasteiger partial charge in [0.25, 0.3) is 0 Å². The molecule has 0 bridgehead atoms. The molecule has 1 amide bonds. The molecule has 0 saturated heterocycles. The van der Waals surface area contributed by atoms with Crippen LogP contribution in [0.2, 0.25) is 0 Å². The first kappa shape index (κ1) is 39.1. The molecule has 5 rings (SSSR count). The Morgan fingerprint density at radius 2 is 1.52 bits per heavy atom. The second-order valence-corrected chi connectivity index (χ2v) is 11.1. The summed E-state index contributed by atoms with van der Waals surface area (Å²) in [6.07, 6.45) is 1.30. The minimum Gasteiger partial charge on any atom is -0.507 e. The van der Waals surface area contributed by atoms with Crippen LogP contribution in [0, 0.1) is 13.8 Å². The fourth-order valence-electron chi connectivity index (χ4n) is 4.94. The second-order valence-electron chi connectivity index (χ2n) is 11.1. The number of hydrogen-bond donors (Lipinski definition) is 6. The molecule has 4 aromatic rings. The minimum atomic E-state index is -1.60. The van der Waals surface area contributed by atoms with Crippen LogP contribution in [0.5, 0.6) is 40.2 Å². The van der Waals surface area contributed by atoms with Crippen molar-refractivity contribution in [3.8, 4) is 40.2 Å². The zero-order valence-corrected chi connectivity index (χ0v) is 28.4. The van der Waals surface area contributed by atoms with Gasteiger partial charge in [0.05, 0.1) is 11.1 Å². The van der Waals surface area contributed by atoms with Gasteiger partial charge in [-0.25, -0.2) is 24.0 Å². The van der Waals surface area contributed by atoms with Gasteiger partial charge in [0.15, 0.2) is 23.5 Å². The zero-order valence-electron chi connectivity index (χ0n) is 28.4. The molecule has 1 aliphatic rings. The summed E-state index contributed by atoms with van der Waals surface area (Å²) in [4.78, 5) is 81.3. The van der Waals surface area contributed by atoms with Crippen LogP contribution < -0.4 is 19.5 Å². The van der Waals surface area contributed by atoms with Gasteiger partial charge in [-0.2, -0.15) is 0 Å². The second kappa shape index (κ2) is 16.6. The number of carbonyl (C=O) groups excluding carboxylic acids is 5. The molecule has 0 aromatic heterocycles. The van der Waals surface area contributed by atoms with Crippen molar-refractivity contribution >= 4 is 47.7 Å². The summed E-state index contributed by atoms with van der Waals surface area (Å²) in [5.74, 6) is -8.54. The molecule has 1 aliphatic heterocycles. The van der Waals surface area contributed by atoms with E-state index in [9.17, 15) is 54.0 Å². The van der Waals surface area contributed by atoms with Crippen molar-refractivity contribution in [1.29, 1.82) is 0 Å². The normalized spacial score (nSPS) is 11.3. The molecule has 0 fully saturated rings. The van der Waals surface area contributed by atoms with E-state index in [0.29, 0.717) is 23.6 Å². The van der Waals surface area contributed by atoms with E-state index >= 15 is 0 Å². The average Bonchev–Trinajstić information content (AvgIpc) is 3.25. The Morgan fingerprint density at radius 3 is 2.11 bits per heavy atom. The van der Waals surface area contributed by atoms with Gasteiger partial charge in [0.1, 0.15) is 46.3 Å². The number of esters is 3. The van der Waals surface area contributed by atoms with Crippen molar-refractivity contribution in [2.75, 3.05) is 5.32 Å². The third-order valence-corrected chi connectivity index (χ3v) is 7.38. The monoisotopic (exact) mass is 743 g/mol. The number of phenolic OH excluding ortho intramolecular Hbond substituents is 2. The van der Waals surface area contributed by atoms with Crippen LogP contribution >= 0.6 is 0 Å². The third kappa shape index (κ3) is 8.78. The number of carboxylic acid groups (broad SMARTS) is 2. The number of nitrogens with one attached hydrogen (secondary N) is 1. The Morgan fingerprint density at radius 1 is 0.852 bits per heavy atom. The van der Waals surface area contributed by atoms with Crippen LogP contribution in [0.25, 0.3) is 0 Å². The van der Waals surface area contributed by atoms with Crippen LogP contribution in [-0.2, 0) is 25.7 Å². The van der Waals surface area contributed by atoms with Crippen molar-refractivity contribution in [2.45, 2.75) is 27.4 Å². The zero-order chi connectivity index (χ0) is 39.9. The molecule has 0 spiro atoms. The molecule has 4 aromatic carbocycles. The number of anilines is 1. The number of aromatic hydroxyl groups is 3. The predicted molar refractivity (Wildman–Crippen MR) is 183 cm³/mol. The first-order chi connectivity index (χ1) is 25.5. The lowest BCUT2D eigenvalue weighted by molar-refractivity contribution is -0.139. The Labute approximate surface area is 304 Å². The fraction of sp³-hybridized carbons (Fsp3) is 0.108. The maximum absolute atomic E-state index is 12.9. The molecule has 54 heavy (non-hydrogen) atoms. The number of fused-ring (bicyclic) bond motifs is 2. The Balaban J connectivity index is 0.000000276. The molecule has 1 heterocycles. The molecule has 17 heteroatoms. The summed E-state index contributed by atoms with van der Waals surface area (Å²) in [7, 11) is 0. The summed E-state index contributed by atoms with van der Waals surface area (Å²) in [5.41, 5.74) is -1.10. The smallest absolute Gasteiger partial charge is 0.347 e.